The summed E-state index contributed by atoms with van der Waals surface area (Å²) >= 11 is 1.71. The van der Waals surface area contributed by atoms with Crippen LogP contribution in [0.3, 0.4) is 0 Å². The third-order valence-corrected chi connectivity index (χ3v) is 5.15. The van der Waals surface area contributed by atoms with Crippen molar-refractivity contribution in [1.29, 1.82) is 0 Å². The topological polar surface area (TPSA) is 32.3 Å². The molecule has 0 aromatic carbocycles. The molecule has 20 heavy (non-hydrogen) atoms. The van der Waals surface area contributed by atoms with Gasteiger partial charge in [0.15, 0.2) is 0 Å². The van der Waals surface area contributed by atoms with Gasteiger partial charge in [-0.25, -0.2) is 0 Å². The van der Waals surface area contributed by atoms with Crippen LogP contribution in [-0.2, 0) is 4.79 Å². The van der Waals surface area contributed by atoms with Gasteiger partial charge in [0.05, 0.1) is 11.7 Å². The van der Waals surface area contributed by atoms with E-state index >= 15 is 0 Å². The Labute approximate surface area is 126 Å². The minimum Gasteiger partial charge on any atom is -0.323 e. The first kappa shape index (κ1) is 15.5. The molecule has 1 fully saturated rings. The van der Waals surface area contributed by atoms with Gasteiger partial charge in [-0.05, 0) is 57.1 Å². The molecular formula is C16H26N2OS. The monoisotopic (exact) mass is 294 g/mol. The van der Waals surface area contributed by atoms with Crippen molar-refractivity contribution in [2.75, 3.05) is 18.4 Å². The maximum atomic E-state index is 12.6. The number of unbranched alkanes of at least 4 members (excludes halogenated alkanes) is 1. The lowest BCUT2D eigenvalue weighted by Crippen LogP contribution is -2.47. The number of thiophene rings is 1. The van der Waals surface area contributed by atoms with Crippen molar-refractivity contribution in [2.45, 2.75) is 58.9 Å². The summed E-state index contributed by atoms with van der Waals surface area (Å²) in [6.07, 6.45) is 5.76. The Bertz CT molecular complexity index is 436. The van der Waals surface area contributed by atoms with Gasteiger partial charge in [0, 0.05) is 4.88 Å². The molecule has 1 aliphatic rings. The summed E-state index contributed by atoms with van der Waals surface area (Å²) in [6, 6.07) is 0.0639. The second-order valence-electron chi connectivity index (χ2n) is 5.74. The van der Waals surface area contributed by atoms with Crippen LogP contribution in [0.15, 0.2) is 5.38 Å². The Kier molecular flexibility index (Phi) is 5.61. The molecular weight excluding hydrogens is 268 g/mol. The van der Waals surface area contributed by atoms with Crippen molar-refractivity contribution in [3.05, 3.63) is 15.8 Å². The van der Waals surface area contributed by atoms with Gasteiger partial charge in [0.1, 0.15) is 0 Å². The molecule has 3 nitrogen and oxygen atoms in total. The first-order valence-corrected chi connectivity index (χ1v) is 8.61. The van der Waals surface area contributed by atoms with E-state index in [1.54, 1.807) is 11.3 Å². The third kappa shape index (κ3) is 3.61. The van der Waals surface area contributed by atoms with E-state index in [1.165, 1.54) is 36.1 Å². The van der Waals surface area contributed by atoms with Gasteiger partial charge >= 0.3 is 0 Å². The van der Waals surface area contributed by atoms with Crippen molar-refractivity contribution < 1.29 is 4.79 Å². The molecule has 1 saturated heterocycles. The molecule has 0 bridgehead atoms. The van der Waals surface area contributed by atoms with Crippen LogP contribution in [0, 0.1) is 13.8 Å². The summed E-state index contributed by atoms with van der Waals surface area (Å²) in [5, 5.41) is 5.28. The lowest BCUT2D eigenvalue weighted by Gasteiger charge is -2.34. The van der Waals surface area contributed by atoms with Gasteiger partial charge in [0.2, 0.25) is 5.91 Å². The number of nitrogens with zero attached hydrogens (tertiary/aromatic N) is 1. The number of piperidine rings is 1. The zero-order valence-corrected chi connectivity index (χ0v) is 13.7. The molecule has 2 heterocycles. The zero-order chi connectivity index (χ0) is 14.5. The van der Waals surface area contributed by atoms with E-state index in [4.69, 9.17) is 0 Å². The van der Waals surface area contributed by atoms with Gasteiger partial charge in [-0.15, -0.1) is 11.3 Å². The predicted molar refractivity (Wildman–Crippen MR) is 86.5 cm³/mol. The van der Waals surface area contributed by atoms with Crippen LogP contribution in [0.1, 0.15) is 49.5 Å². The lowest BCUT2D eigenvalue weighted by molar-refractivity contribution is -0.122. The van der Waals surface area contributed by atoms with Crippen LogP contribution in [0.25, 0.3) is 0 Å². The van der Waals surface area contributed by atoms with Crippen LogP contribution in [0.5, 0.6) is 0 Å². The van der Waals surface area contributed by atoms with Gasteiger partial charge in [0.25, 0.3) is 0 Å². The minimum absolute atomic E-state index is 0.0639. The number of hydrogen-bond acceptors (Lipinski definition) is 3. The average molecular weight is 294 g/mol. The van der Waals surface area contributed by atoms with Gasteiger partial charge in [-0.1, -0.05) is 19.8 Å². The molecule has 1 aromatic rings. The van der Waals surface area contributed by atoms with Crippen molar-refractivity contribution in [1.82, 2.24) is 4.90 Å². The normalized spacial score (nSPS) is 20.1. The molecule has 1 N–H and O–H groups in total. The average Bonchev–Trinajstić information content (AvgIpc) is 2.77. The van der Waals surface area contributed by atoms with Gasteiger partial charge in [-0.2, -0.15) is 0 Å². The molecule has 0 unspecified atom stereocenters. The van der Waals surface area contributed by atoms with E-state index < -0.39 is 0 Å². The number of amides is 1. The standard InChI is InChI=1S/C16H26N2OS/c1-4-5-9-18-10-7-6-8-14(18)16(19)17-15-12(2)11-20-13(15)3/h11,14H,4-10H2,1-3H3,(H,17,19)/t14-/m0/s1. The molecule has 1 atom stereocenters. The summed E-state index contributed by atoms with van der Waals surface area (Å²) in [5.74, 6) is 0.186. The smallest absolute Gasteiger partial charge is 0.241 e. The third-order valence-electron chi connectivity index (χ3n) is 4.12. The molecule has 4 heteroatoms. The van der Waals surface area contributed by atoms with E-state index in [-0.39, 0.29) is 11.9 Å². The number of nitrogens with one attached hydrogen (secondary N) is 1. The van der Waals surface area contributed by atoms with Crippen molar-refractivity contribution in [2.24, 2.45) is 0 Å². The highest BCUT2D eigenvalue weighted by molar-refractivity contribution is 7.10. The van der Waals surface area contributed by atoms with Crippen LogP contribution < -0.4 is 5.32 Å². The predicted octanol–water partition coefficient (Wildman–Crippen LogP) is 3.96. The summed E-state index contributed by atoms with van der Waals surface area (Å²) in [5.41, 5.74) is 2.21. The van der Waals surface area contributed by atoms with E-state index in [0.717, 1.165) is 25.2 Å². The lowest BCUT2D eigenvalue weighted by atomic mass is 10.0. The van der Waals surface area contributed by atoms with Crippen molar-refractivity contribution in [3.63, 3.8) is 0 Å². The van der Waals surface area contributed by atoms with Crippen molar-refractivity contribution >= 4 is 22.9 Å². The highest BCUT2D eigenvalue weighted by Gasteiger charge is 2.28. The van der Waals surface area contributed by atoms with Crippen molar-refractivity contribution in [3.8, 4) is 0 Å². The second-order valence-corrected chi connectivity index (χ2v) is 6.82. The number of anilines is 1. The molecule has 0 aliphatic carbocycles. The van der Waals surface area contributed by atoms with Crippen LogP contribution in [0.2, 0.25) is 0 Å². The maximum absolute atomic E-state index is 12.6. The zero-order valence-electron chi connectivity index (χ0n) is 12.9. The Balaban J connectivity index is 2.02. The van der Waals surface area contributed by atoms with Crippen LogP contribution in [0.4, 0.5) is 5.69 Å². The minimum atomic E-state index is 0.0639. The quantitative estimate of drug-likeness (QED) is 0.891. The molecule has 1 aliphatic heterocycles. The SMILES string of the molecule is CCCCN1CCCC[C@H]1C(=O)Nc1c(C)csc1C. The van der Waals surface area contributed by atoms with Gasteiger partial charge < -0.3 is 5.32 Å². The maximum Gasteiger partial charge on any atom is 0.241 e. The number of likely N-dealkylation sites (tertiary alicyclic amines) is 1. The fourth-order valence-electron chi connectivity index (χ4n) is 2.88. The number of carbonyl (C=O) groups excluding carboxylic acids is 1. The number of rotatable bonds is 5. The summed E-state index contributed by atoms with van der Waals surface area (Å²) in [6.45, 7) is 8.46. The van der Waals surface area contributed by atoms with E-state index in [0.29, 0.717) is 0 Å². The van der Waals surface area contributed by atoms with E-state index in [1.807, 2.05) is 0 Å². The number of carbonyl (C=O) groups is 1. The van der Waals surface area contributed by atoms with E-state index in [2.05, 4.69) is 36.4 Å². The highest BCUT2D eigenvalue weighted by Crippen LogP contribution is 2.27. The first-order chi connectivity index (χ1) is 9.63. The Morgan fingerprint density at radius 1 is 1.45 bits per heavy atom. The highest BCUT2D eigenvalue weighted by atomic mass is 32.1. The summed E-state index contributed by atoms with van der Waals surface area (Å²) in [4.78, 5) is 16.2. The fourth-order valence-corrected chi connectivity index (χ4v) is 3.68. The largest absolute Gasteiger partial charge is 0.323 e. The van der Waals surface area contributed by atoms with E-state index in [9.17, 15) is 4.79 Å². The second kappa shape index (κ2) is 7.23. The van der Waals surface area contributed by atoms with Crippen LogP contribution >= 0.6 is 11.3 Å². The molecule has 2 rings (SSSR count). The van der Waals surface area contributed by atoms with Gasteiger partial charge in [-0.3, -0.25) is 9.69 Å². The number of aryl methyl sites for hydroxylation is 2. The Morgan fingerprint density at radius 3 is 2.90 bits per heavy atom. The molecule has 0 spiro atoms. The summed E-state index contributed by atoms with van der Waals surface area (Å²) in [7, 11) is 0. The Hall–Kier alpha value is -0.870. The first-order valence-electron chi connectivity index (χ1n) is 7.73. The summed E-state index contributed by atoms with van der Waals surface area (Å²) < 4.78 is 0. The Morgan fingerprint density at radius 2 is 2.25 bits per heavy atom. The number of hydrogen-bond donors (Lipinski definition) is 1. The molecule has 0 radical (unpaired) electrons. The molecule has 1 amide bonds. The van der Waals surface area contributed by atoms with Crippen LogP contribution in [-0.4, -0.2) is 29.9 Å². The fraction of sp³-hybridized carbons (Fsp3) is 0.688. The molecule has 1 aromatic heterocycles. The molecule has 112 valence electrons. The molecule has 0 saturated carbocycles.